The first-order valence-electron chi connectivity index (χ1n) is 7.91. The van der Waals surface area contributed by atoms with Gasteiger partial charge in [0.1, 0.15) is 12.4 Å². The molecule has 4 nitrogen and oxygen atoms in total. The summed E-state index contributed by atoms with van der Waals surface area (Å²) in [5, 5.41) is 9.96. The molecule has 1 fully saturated rings. The Hall–Kier alpha value is -1.62. The van der Waals surface area contributed by atoms with Crippen molar-refractivity contribution in [3.8, 4) is 5.75 Å². The lowest BCUT2D eigenvalue weighted by atomic mass is 10.1. The molecular weight excluding hydrogens is 312 g/mol. The maximum atomic E-state index is 9.26. The number of benzene rings is 1. The quantitative estimate of drug-likeness (QED) is 0.806. The molecule has 0 aliphatic heterocycles. The molecule has 0 atom stereocenters. The first-order valence-corrected chi connectivity index (χ1v) is 8.29. The minimum Gasteiger partial charge on any atom is -0.489 e. The summed E-state index contributed by atoms with van der Waals surface area (Å²) < 4.78 is 5.97. The number of nitrogens with zero attached hydrogens (tertiary/aromatic N) is 2. The molecule has 5 heteroatoms. The lowest BCUT2D eigenvalue weighted by Crippen LogP contribution is -2.28. The summed E-state index contributed by atoms with van der Waals surface area (Å²) in [6.07, 6.45) is 5.95. The summed E-state index contributed by atoms with van der Waals surface area (Å²) in [5.41, 5.74) is 2.09. The molecule has 3 rings (SSSR count). The Labute approximate surface area is 141 Å². The molecule has 122 valence electrons. The van der Waals surface area contributed by atoms with Crippen LogP contribution in [0, 0.1) is 0 Å². The molecule has 0 amide bonds. The molecule has 1 N–H and O–H groups in total. The normalized spacial score (nSPS) is 14.2. The van der Waals surface area contributed by atoms with Crippen molar-refractivity contribution in [1.29, 1.82) is 0 Å². The van der Waals surface area contributed by atoms with Gasteiger partial charge >= 0.3 is 0 Å². The fraction of sp³-hybridized carbons (Fsp3) is 0.389. The number of halogens is 1. The fourth-order valence-electron chi connectivity index (χ4n) is 2.63. The van der Waals surface area contributed by atoms with Crippen LogP contribution in [0.1, 0.15) is 24.0 Å². The Morgan fingerprint density at radius 3 is 2.87 bits per heavy atom. The van der Waals surface area contributed by atoms with E-state index >= 15 is 0 Å². The second kappa shape index (κ2) is 7.77. The van der Waals surface area contributed by atoms with Gasteiger partial charge in [-0.2, -0.15) is 0 Å². The number of aromatic nitrogens is 1. The second-order valence-corrected chi connectivity index (χ2v) is 6.26. The molecule has 23 heavy (non-hydrogen) atoms. The Morgan fingerprint density at radius 1 is 1.30 bits per heavy atom. The number of hydrogen-bond acceptors (Lipinski definition) is 4. The van der Waals surface area contributed by atoms with Crippen molar-refractivity contribution in [3.05, 3.63) is 58.9 Å². The fourth-order valence-corrected chi connectivity index (χ4v) is 2.83. The van der Waals surface area contributed by atoms with Crippen molar-refractivity contribution >= 4 is 11.6 Å². The van der Waals surface area contributed by atoms with E-state index in [2.05, 4.69) is 9.88 Å². The molecule has 1 aliphatic rings. The van der Waals surface area contributed by atoms with E-state index in [0.717, 1.165) is 23.4 Å². The smallest absolute Gasteiger partial charge is 0.124 e. The molecule has 1 aliphatic carbocycles. The van der Waals surface area contributed by atoms with Crippen LogP contribution in [0.3, 0.4) is 0 Å². The largest absolute Gasteiger partial charge is 0.489 e. The lowest BCUT2D eigenvalue weighted by molar-refractivity contribution is 0.181. The van der Waals surface area contributed by atoms with Crippen molar-refractivity contribution in [3.63, 3.8) is 0 Å². The van der Waals surface area contributed by atoms with Gasteiger partial charge in [-0.1, -0.05) is 17.7 Å². The van der Waals surface area contributed by atoms with Crippen molar-refractivity contribution in [2.75, 3.05) is 13.2 Å². The number of pyridine rings is 1. The van der Waals surface area contributed by atoms with Crippen LogP contribution in [0.4, 0.5) is 0 Å². The predicted octanol–water partition coefficient (Wildman–Crippen LogP) is 3.27. The molecule has 2 aromatic rings. The van der Waals surface area contributed by atoms with E-state index in [1.807, 2.05) is 30.3 Å². The first-order chi connectivity index (χ1) is 11.3. The van der Waals surface area contributed by atoms with E-state index in [-0.39, 0.29) is 6.61 Å². The first kappa shape index (κ1) is 16.2. The molecule has 0 saturated heterocycles. The summed E-state index contributed by atoms with van der Waals surface area (Å²) >= 11 is 6.16. The van der Waals surface area contributed by atoms with Crippen molar-refractivity contribution in [1.82, 2.24) is 9.88 Å². The van der Waals surface area contributed by atoms with E-state index in [0.29, 0.717) is 24.2 Å². The van der Waals surface area contributed by atoms with Gasteiger partial charge in [-0.25, -0.2) is 0 Å². The van der Waals surface area contributed by atoms with Gasteiger partial charge in [0.05, 0.1) is 6.61 Å². The monoisotopic (exact) mass is 332 g/mol. The van der Waals surface area contributed by atoms with Gasteiger partial charge < -0.3 is 9.84 Å². The van der Waals surface area contributed by atoms with Crippen LogP contribution < -0.4 is 4.74 Å². The highest BCUT2D eigenvalue weighted by atomic mass is 35.5. The predicted molar refractivity (Wildman–Crippen MR) is 90.5 cm³/mol. The third kappa shape index (κ3) is 4.67. The minimum absolute atomic E-state index is 0.170. The second-order valence-electron chi connectivity index (χ2n) is 5.83. The van der Waals surface area contributed by atoms with E-state index in [1.165, 1.54) is 12.8 Å². The summed E-state index contributed by atoms with van der Waals surface area (Å²) in [6, 6.07) is 10.2. The van der Waals surface area contributed by atoms with E-state index in [4.69, 9.17) is 16.3 Å². The van der Waals surface area contributed by atoms with Crippen LogP contribution in [-0.2, 0) is 13.2 Å². The zero-order chi connectivity index (χ0) is 16.1. The highest BCUT2D eigenvalue weighted by Gasteiger charge is 2.29. The van der Waals surface area contributed by atoms with Gasteiger partial charge in [-0.3, -0.25) is 9.88 Å². The maximum Gasteiger partial charge on any atom is 0.124 e. The van der Waals surface area contributed by atoms with Gasteiger partial charge in [0.25, 0.3) is 0 Å². The van der Waals surface area contributed by atoms with Crippen molar-refractivity contribution in [2.24, 2.45) is 0 Å². The summed E-state index contributed by atoms with van der Waals surface area (Å²) in [7, 11) is 0. The molecule has 1 aromatic carbocycles. The van der Waals surface area contributed by atoms with Crippen LogP contribution in [0.15, 0.2) is 42.7 Å². The number of aliphatic hydroxyl groups excluding tert-OH is 1. The van der Waals surface area contributed by atoms with Crippen LogP contribution in [0.5, 0.6) is 5.75 Å². The van der Waals surface area contributed by atoms with Gasteiger partial charge in [-0.05, 0) is 37.1 Å². The average molecular weight is 333 g/mol. The molecule has 0 spiro atoms. The number of rotatable bonds is 8. The maximum absolute atomic E-state index is 9.26. The van der Waals surface area contributed by atoms with E-state index < -0.39 is 0 Å². The van der Waals surface area contributed by atoms with Crippen LogP contribution in [-0.4, -0.2) is 34.2 Å². The molecule has 1 saturated carbocycles. The van der Waals surface area contributed by atoms with Gasteiger partial charge in [0.2, 0.25) is 0 Å². The number of ether oxygens (including phenoxy) is 1. The Morgan fingerprint density at radius 2 is 2.17 bits per heavy atom. The van der Waals surface area contributed by atoms with Crippen LogP contribution >= 0.6 is 11.6 Å². The molecule has 0 radical (unpaired) electrons. The Balaban J connectivity index is 1.71. The van der Waals surface area contributed by atoms with E-state index in [9.17, 15) is 5.11 Å². The zero-order valence-electron chi connectivity index (χ0n) is 13.0. The molecule has 1 aromatic heterocycles. The summed E-state index contributed by atoms with van der Waals surface area (Å²) in [4.78, 5) is 6.39. The van der Waals surface area contributed by atoms with Crippen LogP contribution in [0.2, 0.25) is 5.02 Å². The SMILES string of the molecule is OCCN(Cc1cc(Cl)ccc1OCc1cccnc1)C1CC1. The minimum atomic E-state index is 0.170. The summed E-state index contributed by atoms with van der Waals surface area (Å²) in [6.45, 7) is 2.07. The average Bonchev–Trinajstić information content (AvgIpc) is 3.39. The third-order valence-corrected chi connectivity index (χ3v) is 4.20. The van der Waals surface area contributed by atoms with Crippen molar-refractivity contribution < 1.29 is 9.84 Å². The number of aliphatic hydroxyl groups is 1. The van der Waals surface area contributed by atoms with E-state index in [1.54, 1.807) is 12.4 Å². The van der Waals surface area contributed by atoms with Gasteiger partial charge in [0, 0.05) is 47.7 Å². The molecule has 0 unspecified atom stereocenters. The molecule has 1 heterocycles. The van der Waals surface area contributed by atoms with Crippen molar-refractivity contribution in [2.45, 2.75) is 32.0 Å². The topological polar surface area (TPSA) is 45.6 Å². The molecular formula is C18H21ClN2O2. The Kier molecular flexibility index (Phi) is 5.49. The van der Waals surface area contributed by atoms with Gasteiger partial charge in [0.15, 0.2) is 0 Å². The number of hydrogen-bond donors (Lipinski definition) is 1. The highest BCUT2D eigenvalue weighted by Crippen LogP contribution is 2.31. The Bertz CT molecular complexity index is 632. The van der Waals surface area contributed by atoms with Gasteiger partial charge in [-0.15, -0.1) is 0 Å². The van der Waals surface area contributed by atoms with Crippen LogP contribution in [0.25, 0.3) is 0 Å². The highest BCUT2D eigenvalue weighted by molar-refractivity contribution is 6.30. The standard InChI is InChI=1S/C18H21ClN2O2/c19-16-3-6-18(23-13-14-2-1-7-20-11-14)15(10-16)12-21(8-9-22)17-4-5-17/h1-3,6-7,10-11,17,22H,4-5,8-9,12-13H2. The zero-order valence-corrected chi connectivity index (χ0v) is 13.7. The summed E-state index contributed by atoms with van der Waals surface area (Å²) in [5.74, 6) is 0.835. The third-order valence-electron chi connectivity index (χ3n) is 3.96. The molecule has 0 bridgehead atoms. The lowest BCUT2D eigenvalue weighted by Gasteiger charge is -2.22.